The third-order valence-corrected chi connectivity index (χ3v) is 3.31. The molecule has 1 rings (SSSR count). The van der Waals surface area contributed by atoms with Gasteiger partial charge in [0.05, 0.1) is 11.1 Å². The number of unbranched alkanes of at least 4 members (excludes halogenated alkanes) is 2. The first-order valence-corrected chi connectivity index (χ1v) is 5.92. The summed E-state index contributed by atoms with van der Waals surface area (Å²) in [5.41, 5.74) is 5.01. The topological polar surface area (TPSA) is 72.2 Å². The van der Waals surface area contributed by atoms with E-state index in [1.165, 1.54) is 0 Å². The Morgan fingerprint density at radius 2 is 2.29 bits per heavy atom. The maximum atomic E-state index is 10.8. The molecule has 1 unspecified atom stereocenters. The Labute approximate surface area is 88.0 Å². The van der Waals surface area contributed by atoms with Gasteiger partial charge < -0.3 is 11.1 Å². The van der Waals surface area contributed by atoms with Gasteiger partial charge >= 0.3 is 0 Å². The number of hydrogen-bond donors (Lipinski definition) is 2. The van der Waals surface area contributed by atoms with Crippen LogP contribution in [0, 0.1) is 0 Å². The van der Waals surface area contributed by atoms with Crippen LogP contribution in [0.1, 0.15) is 32.1 Å². The number of primary amides is 1. The minimum atomic E-state index is -0.228. The van der Waals surface area contributed by atoms with E-state index in [4.69, 9.17) is 5.73 Å². The van der Waals surface area contributed by atoms with Crippen molar-refractivity contribution in [3.63, 3.8) is 0 Å². The monoisotopic (exact) mass is 216 g/mol. The van der Waals surface area contributed by atoms with Gasteiger partial charge in [0.25, 0.3) is 0 Å². The number of nitrogens with one attached hydrogen (secondary N) is 1. The Morgan fingerprint density at radius 3 is 2.86 bits per heavy atom. The molecule has 0 bridgehead atoms. The van der Waals surface area contributed by atoms with Crippen LogP contribution in [-0.4, -0.2) is 22.9 Å². The molecule has 1 fully saturated rings. The second kappa shape index (κ2) is 5.90. The summed E-state index contributed by atoms with van der Waals surface area (Å²) in [5, 5.41) is 3.17. The Kier molecular flexibility index (Phi) is 4.79. The fraction of sp³-hybridized carbons (Fsp3) is 0.778. The summed E-state index contributed by atoms with van der Waals surface area (Å²) in [6, 6.07) is 0. The summed E-state index contributed by atoms with van der Waals surface area (Å²) in [7, 11) is 0. The fourth-order valence-electron chi connectivity index (χ4n) is 1.40. The molecule has 0 aliphatic carbocycles. The van der Waals surface area contributed by atoms with Crippen molar-refractivity contribution < 1.29 is 9.59 Å². The summed E-state index contributed by atoms with van der Waals surface area (Å²) < 4.78 is 0. The molecule has 3 N–H and O–H groups in total. The van der Waals surface area contributed by atoms with Crippen molar-refractivity contribution in [1.82, 2.24) is 5.32 Å². The normalized spacial score (nSPS) is 20.9. The summed E-state index contributed by atoms with van der Waals surface area (Å²) in [5.74, 6) is 0.497. The van der Waals surface area contributed by atoms with Crippen molar-refractivity contribution in [2.24, 2.45) is 5.73 Å². The van der Waals surface area contributed by atoms with E-state index in [0.717, 1.165) is 25.7 Å². The molecule has 0 radical (unpaired) electrons. The van der Waals surface area contributed by atoms with E-state index in [9.17, 15) is 9.59 Å². The average Bonchev–Trinajstić information content (AvgIpc) is 2.50. The predicted molar refractivity (Wildman–Crippen MR) is 56.7 cm³/mol. The number of nitrogens with two attached hydrogens (primary N) is 1. The Hall–Kier alpha value is -0.710. The third-order valence-electron chi connectivity index (χ3n) is 2.13. The Balaban J connectivity index is 1.94. The molecule has 4 nitrogen and oxygen atoms in total. The van der Waals surface area contributed by atoms with Crippen LogP contribution in [0.15, 0.2) is 0 Å². The molecule has 80 valence electrons. The first kappa shape index (κ1) is 11.4. The van der Waals surface area contributed by atoms with Gasteiger partial charge in [0.2, 0.25) is 11.8 Å². The third kappa shape index (κ3) is 4.50. The van der Waals surface area contributed by atoms with Crippen molar-refractivity contribution in [2.75, 3.05) is 5.75 Å². The van der Waals surface area contributed by atoms with E-state index in [1.54, 1.807) is 11.8 Å². The molecular formula is C9H16N2O2S. The maximum Gasteiger partial charge on any atom is 0.230 e. The molecule has 2 amide bonds. The van der Waals surface area contributed by atoms with Gasteiger partial charge in [0.15, 0.2) is 0 Å². The fourth-order valence-corrected chi connectivity index (χ4v) is 2.38. The molecule has 0 aromatic heterocycles. The number of rotatable bonds is 6. The van der Waals surface area contributed by atoms with Crippen LogP contribution in [0.3, 0.4) is 0 Å². The second-order valence-electron chi connectivity index (χ2n) is 3.43. The number of amides is 2. The van der Waals surface area contributed by atoms with E-state index in [0.29, 0.717) is 12.2 Å². The van der Waals surface area contributed by atoms with Crippen molar-refractivity contribution >= 4 is 23.6 Å². The number of carbonyl (C=O) groups excluding carboxylic acids is 2. The SMILES string of the molecule is NC(=O)CCCCCC1NC(=O)CS1. The van der Waals surface area contributed by atoms with E-state index in [1.807, 2.05) is 0 Å². The zero-order chi connectivity index (χ0) is 10.4. The molecule has 5 heteroatoms. The van der Waals surface area contributed by atoms with Gasteiger partial charge in [-0.25, -0.2) is 0 Å². The van der Waals surface area contributed by atoms with Gasteiger partial charge in [-0.15, -0.1) is 11.8 Å². The standard InChI is InChI=1S/C9H16N2O2S/c10-7(12)4-2-1-3-5-9-11-8(13)6-14-9/h9H,1-6H2,(H2,10,12)(H,11,13). The average molecular weight is 216 g/mol. The van der Waals surface area contributed by atoms with Crippen LogP contribution in [0.2, 0.25) is 0 Å². The zero-order valence-electron chi connectivity index (χ0n) is 8.12. The van der Waals surface area contributed by atoms with Crippen LogP contribution in [0.25, 0.3) is 0 Å². The molecule has 14 heavy (non-hydrogen) atoms. The minimum Gasteiger partial charge on any atom is -0.370 e. The molecule has 0 aromatic rings. The highest BCUT2D eigenvalue weighted by Crippen LogP contribution is 2.20. The highest BCUT2D eigenvalue weighted by Gasteiger charge is 2.20. The summed E-state index contributed by atoms with van der Waals surface area (Å²) in [6.07, 6.45) is 4.39. The number of thioether (sulfide) groups is 1. The lowest BCUT2D eigenvalue weighted by molar-refractivity contribution is -0.118. The van der Waals surface area contributed by atoms with Gasteiger partial charge in [-0.05, 0) is 12.8 Å². The van der Waals surface area contributed by atoms with Crippen molar-refractivity contribution in [2.45, 2.75) is 37.5 Å². The summed E-state index contributed by atoms with van der Waals surface area (Å²) in [6.45, 7) is 0. The van der Waals surface area contributed by atoms with E-state index in [-0.39, 0.29) is 17.2 Å². The molecule has 0 saturated carbocycles. The quantitative estimate of drug-likeness (QED) is 0.639. The molecular weight excluding hydrogens is 200 g/mol. The Bertz CT molecular complexity index is 221. The van der Waals surface area contributed by atoms with Gasteiger partial charge in [-0.3, -0.25) is 9.59 Å². The van der Waals surface area contributed by atoms with E-state index >= 15 is 0 Å². The van der Waals surface area contributed by atoms with Crippen molar-refractivity contribution in [3.05, 3.63) is 0 Å². The lowest BCUT2D eigenvalue weighted by Crippen LogP contribution is -2.24. The summed E-state index contributed by atoms with van der Waals surface area (Å²) >= 11 is 1.66. The highest BCUT2D eigenvalue weighted by atomic mass is 32.2. The lowest BCUT2D eigenvalue weighted by Gasteiger charge is -2.07. The molecule has 0 spiro atoms. The molecule has 1 aliphatic rings. The van der Waals surface area contributed by atoms with Crippen LogP contribution >= 0.6 is 11.8 Å². The zero-order valence-corrected chi connectivity index (χ0v) is 8.94. The van der Waals surface area contributed by atoms with Gasteiger partial charge in [-0.1, -0.05) is 12.8 Å². The maximum absolute atomic E-state index is 10.8. The van der Waals surface area contributed by atoms with Gasteiger partial charge in [0.1, 0.15) is 0 Å². The van der Waals surface area contributed by atoms with Gasteiger partial charge in [0, 0.05) is 6.42 Å². The highest BCUT2D eigenvalue weighted by molar-refractivity contribution is 8.01. The van der Waals surface area contributed by atoms with Crippen LogP contribution < -0.4 is 11.1 Å². The van der Waals surface area contributed by atoms with Crippen molar-refractivity contribution in [1.29, 1.82) is 0 Å². The molecule has 1 saturated heterocycles. The van der Waals surface area contributed by atoms with E-state index in [2.05, 4.69) is 5.32 Å². The number of carbonyl (C=O) groups is 2. The van der Waals surface area contributed by atoms with E-state index < -0.39 is 0 Å². The largest absolute Gasteiger partial charge is 0.370 e. The first-order chi connectivity index (χ1) is 6.68. The Morgan fingerprint density at radius 1 is 1.50 bits per heavy atom. The lowest BCUT2D eigenvalue weighted by atomic mass is 10.1. The molecule has 1 aliphatic heterocycles. The smallest absolute Gasteiger partial charge is 0.230 e. The first-order valence-electron chi connectivity index (χ1n) is 4.88. The second-order valence-corrected chi connectivity index (χ2v) is 4.62. The number of hydrogen-bond acceptors (Lipinski definition) is 3. The van der Waals surface area contributed by atoms with Crippen LogP contribution in [0.5, 0.6) is 0 Å². The minimum absolute atomic E-state index is 0.136. The van der Waals surface area contributed by atoms with Crippen LogP contribution in [0.4, 0.5) is 0 Å². The summed E-state index contributed by atoms with van der Waals surface area (Å²) in [4.78, 5) is 21.3. The molecule has 0 aromatic carbocycles. The predicted octanol–water partition coefficient (Wildman–Crippen LogP) is 0.611. The van der Waals surface area contributed by atoms with Crippen LogP contribution in [-0.2, 0) is 9.59 Å². The molecule has 1 atom stereocenters. The van der Waals surface area contributed by atoms with Gasteiger partial charge in [-0.2, -0.15) is 0 Å². The van der Waals surface area contributed by atoms with Crippen molar-refractivity contribution in [3.8, 4) is 0 Å². The molecule has 1 heterocycles.